The number of hydrogen-bond donors (Lipinski definition) is 2. The molecule has 1 aromatic rings. The van der Waals surface area contributed by atoms with Crippen molar-refractivity contribution in [1.82, 2.24) is 10.5 Å². The molecule has 13 heavy (non-hydrogen) atoms. The van der Waals surface area contributed by atoms with Crippen LogP contribution in [-0.2, 0) is 11.4 Å². The molecule has 0 radical (unpaired) electrons. The first kappa shape index (κ1) is 9.11. The van der Waals surface area contributed by atoms with Gasteiger partial charge in [0.2, 0.25) is 0 Å². The van der Waals surface area contributed by atoms with E-state index < -0.39 is 0 Å². The molecule has 5 heteroatoms. The van der Waals surface area contributed by atoms with Crippen molar-refractivity contribution < 1.29 is 4.84 Å². The third-order valence-corrected chi connectivity index (χ3v) is 2.95. The summed E-state index contributed by atoms with van der Waals surface area (Å²) in [6.45, 7) is 2.42. The molecule has 4 nitrogen and oxygen atoms in total. The summed E-state index contributed by atoms with van der Waals surface area (Å²) in [6.07, 6.45) is 0. The van der Waals surface area contributed by atoms with Crippen molar-refractivity contribution in [2.24, 2.45) is 5.84 Å². The van der Waals surface area contributed by atoms with Crippen LogP contribution in [0.25, 0.3) is 0 Å². The topological polar surface area (TPSA) is 50.5 Å². The van der Waals surface area contributed by atoms with Crippen LogP contribution < -0.4 is 11.3 Å². The zero-order chi connectivity index (χ0) is 9.10. The molecule has 0 bridgehead atoms. The Morgan fingerprint density at radius 3 is 3.23 bits per heavy atom. The van der Waals surface area contributed by atoms with E-state index in [2.05, 4.69) is 22.9 Å². The fraction of sp³-hybridized carbons (Fsp3) is 0.500. The highest BCUT2D eigenvalue weighted by atomic mass is 32.1. The zero-order valence-electron chi connectivity index (χ0n) is 7.27. The van der Waals surface area contributed by atoms with Crippen molar-refractivity contribution in [1.29, 1.82) is 0 Å². The van der Waals surface area contributed by atoms with Gasteiger partial charge in [-0.15, -0.1) is 11.3 Å². The number of hydroxylamine groups is 2. The zero-order valence-corrected chi connectivity index (χ0v) is 8.09. The van der Waals surface area contributed by atoms with Crippen LogP contribution in [0.4, 0.5) is 0 Å². The maximum absolute atomic E-state index is 5.31. The maximum atomic E-state index is 5.31. The Bertz CT molecular complexity index is 252. The van der Waals surface area contributed by atoms with Crippen LogP contribution in [0.2, 0.25) is 0 Å². The summed E-state index contributed by atoms with van der Waals surface area (Å²) in [5.41, 5.74) is 2.66. The summed E-state index contributed by atoms with van der Waals surface area (Å²) in [4.78, 5) is 6.63. The minimum Gasteiger partial charge on any atom is -0.296 e. The molecule has 1 aliphatic rings. The normalized spacial score (nSPS) is 23.0. The Balaban J connectivity index is 1.82. The highest BCUT2D eigenvalue weighted by Crippen LogP contribution is 2.19. The molecule has 0 amide bonds. The third kappa shape index (κ3) is 2.07. The van der Waals surface area contributed by atoms with Crippen molar-refractivity contribution >= 4 is 11.3 Å². The second-order valence-corrected chi connectivity index (χ2v) is 4.04. The molecule has 3 N–H and O–H groups in total. The van der Waals surface area contributed by atoms with Gasteiger partial charge in [0.05, 0.1) is 19.2 Å². The minimum atomic E-state index is 0.423. The molecule has 1 aromatic heterocycles. The molecule has 1 aliphatic heterocycles. The predicted octanol–water partition coefficient (Wildman–Crippen LogP) is 0.327. The molecule has 0 saturated carbocycles. The van der Waals surface area contributed by atoms with Crippen LogP contribution in [0.5, 0.6) is 0 Å². The van der Waals surface area contributed by atoms with Crippen LogP contribution in [0.3, 0.4) is 0 Å². The second-order valence-electron chi connectivity index (χ2n) is 3.01. The number of nitrogens with one attached hydrogen (secondary N) is 1. The van der Waals surface area contributed by atoms with Gasteiger partial charge in [0.1, 0.15) is 0 Å². The summed E-state index contributed by atoms with van der Waals surface area (Å²) >= 11 is 1.75. The molecule has 1 atom stereocenters. The highest BCUT2D eigenvalue weighted by Gasteiger charge is 2.29. The lowest BCUT2D eigenvalue weighted by atomic mass is 10.2. The molecular weight excluding hydrogens is 186 g/mol. The molecule has 1 fully saturated rings. The van der Waals surface area contributed by atoms with Gasteiger partial charge in [-0.1, -0.05) is 6.07 Å². The molecule has 0 spiro atoms. The lowest BCUT2D eigenvalue weighted by molar-refractivity contribution is -0.293. The minimum absolute atomic E-state index is 0.423. The smallest absolute Gasteiger partial charge is 0.0877 e. The summed E-state index contributed by atoms with van der Waals surface area (Å²) in [7, 11) is 0. The van der Waals surface area contributed by atoms with Gasteiger partial charge in [-0.2, -0.15) is 5.06 Å². The highest BCUT2D eigenvalue weighted by molar-refractivity contribution is 7.09. The largest absolute Gasteiger partial charge is 0.296 e. The quantitative estimate of drug-likeness (QED) is 0.542. The summed E-state index contributed by atoms with van der Waals surface area (Å²) in [5.74, 6) is 5.24. The fourth-order valence-corrected chi connectivity index (χ4v) is 2.00. The summed E-state index contributed by atoms with van der Waals surface area (Å²) < 4.78 is 0. The van der Waals surface area contributed by atoms with Crippen LogP contribution >= 0.6 is 11.3 Å². The monoisotopic (exact) mass is 199 g/mol. The molecule has 2 heterocycles. The van der Waals surface area contributed by atoms with E-state index in [1.807, 2.05) is 5.06 Å². The number of rotatable bonds is 4. The first-order valence-electron chi connectivity index (χ1n) is 4.25. The van der Waals surface area contributed by atoms with Gasteiger partial charge in [-0.25, -0.2) is 0 Å². The first-order chi connectivity index (χ1) is 6.40. The summed E-state index contributed by atoms with van der Waals surface area (Å²) in [6, 6.07) is 4.59. The van der Waals surface area contributed by atoms with Crippen LogP contribution in [0, 0.1) is 0 Å². The van der Waals surface area contributed by atoms with Gasteiger partial charge in [0.15, 0.2) is 0 Å². The van der Waals surface area contributed by atoms with Gasteiger partial charge in [0.25, 0.3) is 0 Å². The Labute approximate surface area is 81.2 Å². The van der Waals surface area contributed by atoms with Gasteiger partial charge in [-0.05, 0) is 11.4 Å². The molecular formula is C8H13N3OS. The molecule has 0 aliphatic carbocycles. The van der Waals surface area contributed by atoms with E-state index in [1.54, 1.807) is 11.3 Å². The van der Waals surface area contributed by atoms with Crippen molar-refractivity contribution in [3.8, 4) is 0 Å². The fourth-order valence-electron chi connectivity index (χ4n) is 1.31. The Kier molecular flexibility index (Phi) is 2.92. The molecule has 72 valence electrons. The SMILES string of the molecule is NNCC1CON1Cc1cccs1. The summed E-state index contributed by atoms with van der Waals surface area (Å²) in [5, 5.41) is 4.04. The molecule has 0 aromatic carbocycles. The van der Waals surface area contributed by atoms with E-state index in [4.69, 9.17) is 10.7 Å². The Morgan fingerprint density at radius 1 is 1.77 bits per heavy atom. The lowest BCUT2D eigenvalue weighted by Crippen LogP contribution is -2.55. The van der Waals surface area contributed by atoms with Crippen LogP contribution in [0.1, 0.15) is 4.88 Å². The third-order valence-electron chi connectivity index (χ3n) is 2.09. The van der Waals surface area contributed by atoms with E-state index in [-0.39, 0.29) is 0 Å². The van der Waals surface area contributed by atoms with Gasteiger partial charge in [-0.3, -0.25) is 16.1 Å². The average Bonchev–Trinajstić information content (AvgIpc) is 2.61. The predicted molar refractivity (Wildman–Crippen MR) is 51.8 cm³/mol. The van der Waals surface area contributed by atoms with Crippen molar-refractivity contribution in [3.05, 3.63) is 22.4 Å². The molecule has 2 rings (SSSR count). The van der Waals surface area contributed by atoms with Gasteiger partial charge < -0.3 is 0 Å². The van der Waals surface area contributed by atoms with Crippen LogP contribution in [0.15, 0.2) is 17.5 Å². The van der Waals surface area contributed by atoms with E-state index in [0.29, 0.717) is 6.04 Å². The van der Waals surface area contributed by atoms with E-state index >= 15 is 0 Å². The Hall–Kier alpha value is -0.460. The van der Waals surface area contributed by atoms with Crippen molar-refractivity contribution in [2.45, 2.75) is 12.6 Å². The standard InChI is InChI=1S/C8H13N3OS/c9-10-4-7-6-12-11(7)5-8-2-1-3-13-8/h1-3,7,10H,4-6,9H2. The maximum Gasteiger partial charge on any atom is 0.0877 e. The second kappa shape index (κ2) is 4.17. The van der Waals surface area contributed by atoms with E-state index in [0.717, 1.165) is 19.7 Å². The molecule has 1 unspecified atom stereocenters. The lowest BCUT2D eigenvalue weighted by Gasteiger charge is -2.39. The Morgan fingerprint density at radius 2 is 2.69 bits per heavy atom. The number of hydrazine groups is 1. The van der Waals surface area contributed by atoms with Gasteiger partial charge in [0, 0.05) is 11.4 Å². The van der Waals surface area contributed by atoms with Crippen molar-refractivity contribution in [2.75, 3.05) is 13.2 Å². The van der Waals surface area contributed by atoms with Crippen LogP contribution in [-0.4, -0.2) is 24.3 Å². The van der Waals surface area contributed by atoms with Gasteiger partial charge >= 0.3 is 0 Å². The first-order valence-corrected chi connectivity index (χ1v) is 5.13. The number of nitrogens with zero attached hydrogens (tertiary/aromatic N) is 1. The number of thiophene rings is 1. The average molecular weight is 199 g/mol. The molecule has 1 saturated heterocycles. The van der Waals surface area contributed by atoms with Crippen molar-refractivity contribution in [3.63, 3.8) is 0 Å². The number of hydrogen-bond acceptors (Lipinski definition) is 5. The van der Waals surface area contributed by atoms with E-state index in [9.17, 15) is 0 Å². The van der Waals surface area contributed by atoms with E-state index in [1.165, 1.54) is 4.88 Å². The number of nitrogens with two attached hydrogens (primary N) is 1.